The minimum Gasteiger partial charge on any atom is -0.373 e. The first-order chi connectivity index (χ1) is 9.67. The maximum atomic E-state index is 5.98. The lowest BCUT2D eigenvalue weighted by Gasteiger charge is -2.26. The third-order valence-corrected chi connectivity index (χ3v) is 4.44. The molecular weight excluding hydrogens is 254 g/mol. The SMILES string of the molecule is CCC(c1nc(C(OC)C2CCCCC2)no1)C(C)N. The fourth-order valence-electron chi connectivity index (χ4n) is 3.23. The van der Waals surface area contributed by atoms with Crippen LogP contribution >= 0.6 is 0 Å². The molecule has 1 aliphatic rings. The van der Waals surface area contributed by atoms with Gasteiger partial charge in [-0.2, -0.15) is 4.98 Å². The summed E-state index contributed by atoms with van der Waals surface area (Å²) in [5, 5.41) is 4.15. The second-order valence-corrected chi connectivity index (χ2v) is 5.92. The minimum absolute atomic E-state index is 0.0176. The summed E-state index contributed by atoms with van der Waals surface area (Å²) in [4.78, 5) is 4.57. The zero-order valence-electron chi connectivity index (χ0n) is 12.8. The summed E-state index contributed by atoms with van der Waals surface area (Å²) < 4.78 is 11.1. The van der Waals surface area contributed by atoms with E-state index < -0.39 is 0 Å². The molecule has 1 aromatic rings. The Morgan fingerprint density at radius 2 is 2.05 bits per heavy atom. The van der Waals surface area contributed by atoms with Gasteiger partial charge in [-0.25, -0.2) is 0 Å². The van der Waals surface area contributed by atoms with Crippen LogP contribution in [0.15, 0.2) is 4.52 Å². The average molecular weight is 281 g/mol. The molecule has 3 atom stereocenters. The van der Waals surface area contributed by atoms with Gasteiger partial charge < -0.3 is 15.0 Å². The van der Waals surface area contributed by atoms with Crippen LogP contribution in [0.5, 0.6) is 0 Å². The zero-order chi connectivity index (χ0) is 14.5. The van der Waals surface area contributed by atoms with Crippen LogP contribution in [0.3, 0.4) is 0 Å². The van der Waals surface area contributed by atoms with Gasteiger partial charge in [0.25, 0.3) is 0 Å². The molecule has 1 aromatic heterocycles. The lowest BCUT2D eigenvalue weighted by molar-refractivity contribution is 0.0273. The number of aromatic nitrogens is 2. The average Bonchev–Trinajstić information content (AvgIpc) is 2.90. The van der Waals surface area contributed by atoms with Gasteiger partial charge in [-0.1, -0.05) is 31.3 Å². The molecule has 3 unspecified atom stereocenters. The summed E-state index contributed by atoms with van der Waals surface area (Å²) in [5.74, 6) is 1.97. The van der Waals surface area contributed by atoms with Gasteiger partial charge in [0.05, 0.1) is 5.92 Å². The molecule has 0 aromatic carbocycles. The van der Waals surface area contributed by atoms with Crippen LogP contribution in [0.25, 0.3) is 0 Å². The van der Waals surface area contributed by atoms with E-state index in [1.807, 2.05) is 6.92 Å². The topological polar surface area (TPSA) is 74.2 Å². The summed E-state index contributed by atoms with van der Waals surface area (Å²) in [5.41, 5.74) is 5.98. The molecular formula is C15H27N3O2. The number of hydrogen-bond acceptors (Lipinski definition) is 5. The molecule has 0 radical (unpaired) electrons. The van der Waals surface area contributed by atoms with Crippen molar-refractivity contribution in [1.29, 1.82) is 0 Å². The molecule has 2 N–H and O–H groups in total. The van der Waals surface area contributed by atoms with Gasteiger partial charge in [-0.05, 0) is 32.1 Å². The molecule has 1 fully saturated rings. The van der Waals surface area contributed by atoms with Crippen molar-refractivity contribution in [3.8, 4) is 0 Å². The van der Waals surface area contributed by atoms with Gasteiger partial charge in [-0.3, -0.25) is 0 Å². The Morgan fingerprint density at radius 1 is 1.35 bits per heavy atom. The number of rotatable bonds is 6. The molecule has 2 rings (SSSR count). The predicted molar refractivity (Wildman–Crippen MR) is 77.3 cm³/mol. The first-order valence-electron chi connectivity index (χ1n) is 7.79. The summed E-state index contributed by atoms with van der Waals surface area (Å²) in [6.45, 7) is 4.07. The number of hydrogen-bond donors (Lipinski definition) is 1. The summed E-state index contributed by atoms with van der Waals surface area (Å²) >= 11 is 0. The second-order valence-electron chi connectivity index (χ2n) is 5.92. The van der Waals surface area contributed by atoms with E-state index in [0.29, 0.717) is 17.6 Å². The fraction of sp³-hybridized carbons (Fsp3) is 0.867. The molecule has 114 valence electrons. The van der Waals surface area contributed by atoms with Crippen LogP contribution < -0.4 is 5.73 Å². The van der Waals surface area contributed by atoms with E-state index in [9.17, 15) is 0 Å². The molecule has 5 heteroatoms. The van der Waals surface area contributed by atoms with Gasteiger partial charge in [0.15, 0.2) is 0 Å². The summed E-state index contributed by atoms with van der Waals surface area (Å²) in [7, 11) is 1.73. The molecule has 0 aliphatic heterocycles. The highest BCUT2D eigenvalue weighted by Gasteiger charge is 2.30. The van der Waals surface area contributed by atoms with Crippen LogP contribution in [0, 0.1) is 5.92 Å². The lowest BCUT2D eigenvalue weighted by Crippen LogP contribution is -2.24. The van der Waals surface area contributed by atoms with Gasteiger partial charge in [0.2, 0.25) is 11.7 Å². The highest BCUT2D eigenvalue weighted by molar-refractivity contribution is 5.00. The lowest BCUT2D eigenvalue weighted by atomic mass is 9.85. The monoisotopic (exact) mass is 281 g/mol. The minimum atomic E-state index is -0.0432. The van der Waals surface area contributed by atoms with Crippen molar-refractivity contribution in [2.45, 2.75) is 70.4 Å². The van der Waals surface area contributed by atoms with E-state index >= 15 is 0 Å². The molecule has 0 bridgehead atoms. The Kier molecular flexibility index (Phi) is 5.54. The quantitative estimate of drug-likeness (QED) is 0.866. The smallest absolute Gasteiger partial charge is 0.231 e. The molecule has 1 saturated carbocycles. The van der Waals surface area contributed by atoms with Crippen LogP contribution in [0.1, 0.15) is 76.1 Å². The van der Waals surface area contributed by atoms with Crippen molar-refractivity contribution in [2.75, 3.05) is 7.11 Å². The molecule has 1 heterocycles. The van der Waals surface area contributed by atoms with E-state index in [1.165, 1.54) is 32.1 Å². The number of ether oxygens (including phenoxy) is 1. The third kappa shape index (κ3) is 3.38. The Morgan fingerprint density at radius 3 is 2.60 bits per heavy atom. The molecule has 0 spiro atoms. The number of nitrogens with zero attached hydrogens (tertiary/aromatic N) is 2. The van der Waals surface area contributed by atoms with Crippen LogP contribution in [0.4, 0.5) is 0 Å². The van der Waals surface area contributed by atoms with Crippen LogP contribution in [0.2, 0.25) is 0 Å². The number of methoxy groups -OCH3 is 1. The van der Waals surface area contributed by atoms with Gasteiger partial charge in [-0.15, -0.1) is 0 Å². The maximum absolute atomic E-state index is 5.98. The number of nitrogens with two attached hydrogens (primary N) is 1. The maximum Gasteiger partial charge on any atom is 0.231 e. The van der Waals surface area contributed by atoms with Crippen molar-refractivity contribution in [3.05, 3.63) is 11.7 Å². The Hall–Kier alpha value is -0.940. The molecule has 5 nitrogen and oxygen atoms in total. The van der Waals surface area contributed by atoms with Crippen molar-refractivity contribution in [2.24, 2.45) is 11.7 Å². The molecule has 20 heavy (non-hydrogen) atoms. The van der Waals surface area contributed by atoms with Crippen molar-refractivity contribution in [3.63, 3.8) is 0 Å². The predicted octanol–water partition coefficient (Wildman–Crippen LogP) is 3.18. The second kappa shape index (κ2) is 7.18. The van der Waals surface area contributed by atoms with Crippen molar-refractivity contribution < 1.29 is 9.26 Å². The Balaban J connectivity index is 2.12. The van der Waals surface area contributed by atoms with E-state index in [4.69, 9.17) is 15.0 Å². The molecule has 0 saturated heterocycles. The van der Waals surface area contributed by atoms with E-state index in [0.717, 1.165) is 6.42 Å². The molecule has 1 aliphatic carbocycles. The Bertz CT molecular complexity index is 400. The third-order valence-electron chi connectivity index (χ3n) is 4.44. The normalized spacial score (nSPS) is 21.6. The fourth-order valence-corrected chi connectivity index (χ4v) is 3.23. The van der Waals surface area contributed by atoms with Gasteiger partial charge in [0.1, 0.15) is 6.10 Å². The van der Waals surface area contributed by atoms with E-state index in [1.54, 1.807) is 7.11 Å². The first-order valence-corrected chi connectivity index (χ1v) is 7.79. The Labute approximate surface area is 121 Å². The van der Waals surface area contributed by atoms with Crippen molar-refractivity contribution >= 4 is 0 Å². The van der Waals surface area contributed by atoms with E-state index in [2.05, 4.69) is 17.1 Å². The largest absolute Gasteiger partial charge is 0.373 e. The van der Waals surface area contributed by atoms with Crippen LogP contribution in [-0.4, -0.2) is 23.3 Å². The standard InChI is InChI=1S/C15H27N3O2/c1-4-12(10(2)16)15-17-14(18-20-15)13(19-3)11-8-6-5-7-9-11/h10-13H,4-9,16H2,1-3H3. The van der Waals surface area contributed by atoms with Crippen LogP contribution in [-0.2, 0) is 4.74 Å². The van der Waals surface area contributed by atoms with Gasteiger partial charge >= 0.3 is 0 Å². The summed E-state index contributed by atoms with van der Waals surface area (Å²) in [6, 6.07) is 0.0176. The van der Waals surface area contributed by atoms with Crippen molar-refractivity contribution in [1.82, 2.24) is 10.1 Å². The molecule has 0 amide bonds. The highest BCUT2D eigenvalue weighted by atomic mass is 16.5. The zero-order valence-corrected chi connectivity index (χ0v) is 12.8. The highest BCUT2D eigenvalue weighted by Crippen LogP contribution is 2.35. The first kappa shape index (κ1) is 15.4. The summed E-state index contributed by atoms with van der Waals surface area (Å²) in [6.07, 6.45) is 7.10. The van der Waals surface area contributed by atoms with Gasteiger partial charge in [0, 0.05) is 13.2 Å². The van der Waals surface area contributed by atoms with E-state index in [-0.39, 0.29) is 18.1 Å².